The number of thiophene rings is 1. The summed E-state index contributed by atoms with van der Waals surface area (Å²) >= 11 is 1.88. The Labute approximate surface area is 326 Å². The van der Waals surface area contributed by atoms with Crippen molar-refractivity contribution in [3.05, 3.63) is 181 Å². The van der Waals surface area contributed by atoms with E-state index in [4.69, 9.17) is 6.58 Å². The third-order valence-electron chi connectivity index (χ3n) is 13.0. The lowest BCUT2D eigenvalue weighted by atomic mass is 9.57. The maximum Gasteiger partial charge on any atom is 0.0562 e. The van der Waals surface area contributed by atoms with Gasteiger partial charge < -0.3 is 9.47 Å². The van der Waals surface area contributed by atoms with Gasteiger partial charge in [-0.05, 0) is 108 Å². The van der Waals surface area contributed by atoms with Crippen molar-refractivity contribution in [1.29, 1.82) is 0 Å². The fourth-order valence-electron chi connectivity index (χ4n) is 10.7. The lowest BCUT2D eigenvalue weighted by Crippen LogP contribution is -2.40. The average Bonchev–Trinajstić information content (AvgIpc) is 3.87. The fraction of sp³-hybridized carbons (Fsp3) is 0.154. The number of rotatable bonds is 5. The third kappa shape index (κ3) is 4.54. The smallest absolute Gasteiger partial charge is 0.0562 e. The topological polar surface area (TPSA) is 8.17 Å². The molecule has 55 heavy (non-hydrogen) atoms. The first-order valence-electron chi connectivity index (χ1n) is 19.8. The van der Waals surface area contributed by atoms with Gasteiger partial charge in [0.2, 0.25) is 0 Å². The Morgan fingerprint density at radius 1 is 0.655 bits per heavy atom. The van der Waals surface area contributed by atoms with E-state index < -0.39 is 0 Å². The molecule has 0 N–H and O–H groups in total. The van der Waals surface area contributed by atoms with E-state index in [1.54, 1.807) is 0 Å². The molecule has 2 aliphatic carbocycles. The SMILES string of the molecule is C=C1CC(CC)CC(C)C12c1ccccc1-c1ccc(N(c3cccc4sc5ccccc5c34)c3cccc4c3c3ccccc3n4-c3ccccc3)cc12. The van der Waals surface area contributed by atoms with Gasteiger partial charge in [-0.1, -0.05) is 129 Å². The van der Waals surface area contributed by atoms with Crippen molar-refractivity contribution in [2.45, 2.75) is 38.5 Å². The Balaban J connectivity index is 1.24. The van der Waals surface area contributed by atoms with E-state index in [1.165, 1.54) is 99.7 Å². The van der Waals surface area contributed by atoms with Gasteiger partial charge in [-0.2, -0.15) is 0 Å². The molecule has 0 bridgehead atoms. The van der Waals surface area contributed by atoms with Crippen molar-refractivity contribution in [3.8, 4) is 16.8 Å². The van der Waals surface area contributed by atoms with E-state index in [0.717, 1.165) is 12.1 Å². The van der Waals surface area contributed by atoms with Gasteiger partial charge >= 0.3 is 0 Å². The first kappa shape index (κ1) is 32.5. The molecule has 1 spiro atoms. The van der Waals surface area contributed by atoms with Crippen molar-refractivity contribution in [2.24, 2.45) is 11.8 Å². The first-order chi connectivity index (χ1) is 27.1. The quantitative estimate of drug-likeness (QED) is 0.160. The van der Waals surface area contributed by atoms with Crippen LogP contribution in [-0.4, -0.2) is 4.57 Å². The summed E-state index contributed by atoms with van der Waals surface area (Å²) in [5.41, 5.74) is 13.8. The van der Waals surface area contributed by atoms with Crippen LogP contribution in [0.4, 0.5) is 17.1 Å². The number of benzene rings is 7. The molecule has 2 nitrogen and oxygen atoms in total. The third-order valence-corrected chi connectivity index (χ3v) is 14.1. The summed E-state index contributed by atoms with van der Waals surface area (Å²) in [5, 5.41) is 5.09. The molecule has 266 valence electrons. The second kappa shape index (κ2) is 12.3. The molecule has 1 saturated carbocycles. The zero-order valence-electron chi connectivity index (χ0n) is 31.3. The van der Waals surface area contributed by atoms with Crippen LogP contribution in [0.1, 0.15) is 44.2 Å². The average molecular weight is 727 g/mol. The van der Waals surface area contributed by atoms with Crippen LogP contribution < -0.4 is 4.90 Å². The number of hydrogen-bond donors (Lipinski definition) is 0. The fourth-order valence-corrected chi connectivity index (χ4v) is 11.8. The Hall–Kier alpha value is -5.90. The highest BCUT2D eigenvalue weighted by atomic mass is 32.1. The van der Waals surface area contributed by atoms with Crippen LogP contribution in [0.3, 0.4) is 0 Å². The van der Waals surface area contributed by atoms with E-state index in [2.05, 4.69) is 181 Å². The zero-order chi connectivity index (χ0) is 36.8. The second-order valence-corrected chi connectivity index (χ2v) is 16.8. The summed E-state index contributed by atoms with van der Waals surface area (Å²) in [6.07, 6.45) is 3.47. The Morgan fingerprint density at radius 3 is 2.16 bits per heavy atom. The largest absolute Gasteiger partial charge is 0.309 e. The predicted octanol–water partition coefficient (Wildman–Crippen LogP) is 14.9. The summed E-state index contributed by atoms with van der Waals surface area (Å²) in [6, 6.07) is 58.8. The van der Waals surface area contributed by atoms with Crippen molar-refractivity contribution in [2.75, 3.05) is 4.90 Å². The van der Waals surface area contributed by atoms with Gasteiger partial charge in [0.25, 0.3) is 0 Å². The van der Waals surface area contributed by atoms with E-state index in [1.807, 2.05) is 11.3 Å². The highest BCUT2D eigenvalue weighted by Crippen LogP contribution is 2.62. The minimum atomic E-state index is -0.226. The summed E-state index contributed by atoms with van der Waals surface area (Å²) in [7, 11) is 0. The molecule has 0 radical (unpaired) electrons. The maximum atomic E-state index is 4.95. The van der Waals surface area contributed by atoms with Crippen molar-refractivity contribution in [3.63, 3.8) is 0 Å². The Morgan fingerprint density at radius 2 is 1.33 bits per heavy atom. The number of fused-ring (bicyclic) bond motifs is 11. The van der Waals surface area contributed by atoms with Crippen LogP contribution in [-0.2, 0) is 5.41 Å². The summed E-state index contributed by atoms with van der Waals surface area (Å²) < 4.78 is 5.04. The highest BCUT2D eigenvalue weighted by Gasteiger charge is 2.51. The number of anilines is 3. The molecule has 3 unspecified atom stereocenters. The predicted molar refractivity (Wildman–Crippen MR) is 236 cm³/mol. The molecule has 3 atom stereocenters. The monoisotopic (exact) mass is 726 g/mol. The first-order valence-corrected chi connectivity index (χ1v) is 20.6. The number of nitrogens with zero attached hydrogens (tertiary/aromatic N) is 2. The second-order valence-electron chi connectivity index (χ2n) is 15.7. The van der Waals surface area contributed by atoms with Crippen LogP contribution in [0.5, 0.6) is 0 Å². The molecule has 0 amide bonds. The molecule has 2 aliphatic rings. The number of allylic oxidation sites excluding steroid dienone is 1. The summed E-state index contributed by atoms with van der Waals surface area (Å²) in [4.78, 5) is 2.58. The number of para-hydroxylation sites is 2. The Bertz CT molecular complexity index is 2980. The van der Waals surface area contributed by atoms with Crippen LogP contribution in [0.15, 0.2) is 170 Å². The minimum Gasteiger partial charge on any atom is -0.309 e. The van der Waals surface area contributed by atoms with E-state index in [9.17, 15) is 0 Å². The summed E-state index contributed by atoms with van der Waals surface area (Å²) in [5.74, 6) is 1.11. The molecule has 0 saturated heterocycles. The highest BCUT2D eigenvalue weighted by molar-refractivity contribution is 7.26. The lowest BCUT2D eigenvalue weighted by molar-refractivity contribution is 0.248. The van der Waals surface area contributed by atoms with Gasteiger partial charge in [-0.3, -0.25) is 0 Å². The van der Waals surface area contributed by atoms with Gasteiger partial charge in [0.05, 0.1) is 22.4 Å². The number of aromatic nitrogens is 1. The molecule has 3 heteroatoms. The molecule has 11 rings (SSSR count). The molecular weight excluding hydrogens is 685 g/mol. The molecule has 0 aliphatic heterocycles. The molecule has 2 heterocycles. The number of hydrogen-bond acceptors (Lipinski definition) is 2. The van der Waals surface area contributed by atoms with Crippen LogP contribution >= 0.6 is 11.3 Å². The molecule has 1 fully saturated rings. The van der Waals surface area contributed by atoms with Crippen molar-refractivity contribution < 1.29 is 0 Å². The lowest BCUT2D eigenvalue weighted by Gasteiger charge is -2.46. The Kier molecular flexibility index (Phi) is 7.28. The molecule has 7 aromatic carbocycles. The van der Waals surface area contributed by atoms with E-state index in [0.29, 0.717) is 11.8 Å². The molecular formula is C52H42N2S. The van der Waals surface area contributed by atoms with Gasteiger partial charge in [-0.25, -0.2) is 0 Å². The maximum absolute atomic E-state index is 4.95. The zero-order valence-corrected chi connectivity index (χ0v) is 32.1. The van der Waals surface area contributed by atoms with Gasteiger partial charge in [0.1, 0.15) is 0 Å². The molecule has 9 aromatic rings. The van der Waals surface area contributed by atoms with Crippen LogP contribution in [0, 0.1) is 11.8 Å². The van der Waals surface area contributed by atoms with Gasteiger partial charge in [0.15, 0.2) is 0 Å². The normalized spacial score (nSPS) is 19.1. The van der Waals surface area contributed by atoms with Crippen molar-refractivity contribution in [1.82, 2.24) is 4.57 Å². The van der Waals surface area contributed by atoms with Gasteiger partial charge in [-0.15, -0.1) is 11.3 Å². The van der Waals surface area contributed by atoms with E-state index in [-0.39, 0.29) is 5.41 Å². The standard InChI is InChI=1S/C52H42N2S/c1-4-35-30-33(2)52(34(3)31-35)42-21-11-8-18-38(42)39-29-28-37(32-43(39)52)54(47-25-15-27-49-51(47)41-20-10-13-26-48(41)55-49)46-24-14-23-45-50(46)40-19-9-12-22-44(40)53(45)36-16-6-5-7-17-36/h5-29,32,34-35H,2,4,30-31H2,1,3H3. The van der Waals surface area contributed by atoms with Crippen molar-refractivity contribution >= 4 is 70.4 Å². The van der Waals surface area contributed by atoms with Gasteiger partial charge in [0, 0.05) is 47.7 Å². The van der Waals surface area contributed by atoms with Crippen LogP contribution in [0.25, 0.3) is 58.8 Å². The minimum absolute atomic E-state index is 0.226. The van der Waals surface area contributed by atoms with Crippen LogP contribution in [0.2, 0.25) is 0 Å². The summed E-state index contributed by atoms with van der Waals surface area (Å²) in [6.45, 7) is 9.78. The van der Waals surface area contributed by atoms with E-state index >= 15 is 0 Å². The molecule has 2 aromatic heterocycles.